The molecule has 8 heteroatoms. The molecule has 104 valence electrons. The fraction of sp³-hybridized carbons (Fsp3) is 0. The number of hydrogen-bond acceptors (Lipinski definition) is 3. The summed E-state index contributed by atoms with van der Waals surface area (Å²) in [6.07, 6.45) is 0.848. The number of aromatic nitrogens is 1. The fourth-order valence-electron chi connectivity index (χ4n) is 1.47. The molecular formula is C12H7BrF3N3O. The van der Waals surface area contributed by atoms with Crippen LogP contribution in [0, 0.1) is 17.5 Å². The monoisotopic (exact) mass is 345 g/mol. The summed E-state index contributed by atoms with van der Waals surface area (Å²) >= 11 is 2.92. The van der Waals surface area contributed by atoms with E-state index < -0.39 is 23.4 Å². The van der Waals surface area contributed by atoms with Gasteiger partial charge in [0, 0.05) is 10.5 Å². The average molecular weight is 346 g/mol. The van der Waals surface area contributed by atoms with Crippen LogP contribution >= 0.6 is 15.9 Å². The second-order valence-electron chi connectivity index (χ2n) is 3.78. The number of halogens is 4. The zero-order chi connectivity index (χ0) is 14.9. The number of anilines is 2. The van der Waals surface area contributed by atoms with Gasteiger partial charge in [-0.3, -0.25) is 4.79 Å². The van der Waals surface area contributed by atoms with Gasteiger partial charge in [0.15, 0.2) is 5.82 Å². The molecule has 0 bridgehead atoms. The summed E-state index contributed by atoms with van der Waals surface area (Å²) in [6.45, 7) is 0. The Morgan fingerprint density at radius 3 is 2.55 bits per heavy atom. The predicted molar refractivity (Wildman–Crippen MR) is 70.6 cm³/mol. The molecule has 20 heavy (non-hydrogen) atoms. The quantitative estimate of drug-likeness (QED) is 0.878. The summed E-state index contributed by atoms with van der Waals surface area (Å²) in [6, 6.07) is 2.45. The number of amides is 1. The van der Waals surface area contributed by atoms with Crippen LogP contribution in [0.4, 0.5) is 24.7 Å². The zero-order valence-corrected chi connectivity index (χ0v) is 11.3. The Morgan fingerprint density at radius 2 is 1.90 bits per heavy atom. The maximum absolute atomic E-state index is 13.6. The molecule has 0 unspecified atom stereocenters. The number of hydrogen-bond donors (Lipinski definition) is 2. The largest absolute Gasteiger partial charge is 0.383 e. The number of nitrogens with zero attached hydrogens (tertiary/aromatic N) is 1. The van der Waals surface area contributed by atoms with Gasteiger partial charge in [0.05, 0.1) is 17.4 Å². The normalized spacial score (nSPS) is 10.4. The van der Waals surface area contributed by atoms with E-state index in [1.165, 1.54) is 0 Å². The molecule has 3 N–H and O–H groups in total. The molecule has 0 radical (unpaired) electrons. The topological polar surface area (TPSA) is 68.0 Å². The fourth-order valence-corrected chi connectivity index (χ4v) is 1.98. The zero-order valence-electron chi connectivity index (χ0n) is 9.75. The molecule has 2 aromatic rings. The molecule has 0 fully saturated rings. The highest BCUT2D eigenvalue weighted by Gasteiger charge is 2.17. The van der Waals surface area contributed by atoms with Crippen molar-refractivity contribution in [1.29, 1.82) is 0 Å². The lowest BCUT2D eigenvalue weighted by Gasteiger charge is -2.10. The molecule has 4 nitrogen and oxygen atoms in total. The number of nitrogens with one attached hydrogen (secondary N) is 1. The summed E-state index contributed by atoms with van der Waals surface area (Å²) < 4.78 is 39.5. The highest BCUT2D eigenvalue weighted by atomic mass is 79.9. The molecule has 0 saturated carbocycles. The van der Waals surface area contributed by atoms with Crippen LogP contribution in [0.3, 0.4) is 0 Å². The number of pyridine rings is 1. The SMILES string of the molecule is Nc1ncc(F)cc1C(=O)Nc1c(F)cc(F)cc1Br. The van der Waals surface area contributed by atoms with Gasteiger partial charge in [-0.05, 0) is 28.1 Å². The van der Waals surface area contributed by atoms with Crippen LogP contribution in [0.25, 0.3) is 0 Å². The Labute approximate surface area is 119 Å². The van der Waals surface area contributed by atoms with E-state index in [0.29, 0.717) is 6.07 Å². The first-order valence-electron chi connectivity index (χ1n) is 5.25. The lowest BCUT2D eigenvalue weighted by atomic mass is 10.2. The van der Waals surface area contributed by atoms with Crippen LogP contribution in [0.5, 0.6) is 0 Å². The lowest BCUT2D eigenvalue weighted by molar-refractivity contribution is 0.102. The van der Waals surface area contributed by atoms with Crippen LogP contribution in [0.1, 0.15) is 10.4 Å². The van der Waals surface area contributed by atoms with E-state index in [1.54, 1.807) is 0 Å². The van der Waals surface area contributed by atoms with Gasteiger partial charge in [-0.1, -0.05) is 0 Å². The lowest BCUT2D eigenvalue weighted by Crippen LogP contribution is -2.16. The smallest absolute Gasteiger partial charge is 0.259 e. The molecule has 1 aromatic heterocycles. The van der Waals surface area contributed by atoms with E-state index >= 15 is 0 Å². The van der Waals surface area contributed by atoms with Gasteiger partial charge < -0.3 is 11.1 Å². The van der Waals surface area contributed by atoms with Crippen LogP contribution in [-0.2, 0) is 0 Å². The highest BCUT2D eigenvalue weighted by molar-refractivity contribution is 9.10. The van der Waals surface area contributed by atoms with Crippen molar-refractivity contribution in [2.24, 2.45) is 0 Å². The summed E-state index contributed by atoms with van der Waals surface area (Å²) in [5.74, 6) is -3.61. The minimum absolute atomic E-state index is 0.00582. The van der Waals surface area contributed by atoms with Gasteiger partial charge in [-0.2, -0.15) is 0 Å². The second kappa shape index (κ2) is 5.49. The first-order valence-corrected chi connectivity index (χ1v) is 6.04. The molecule has 1 aromatic carbocycles. The van der Waals surface area contributed by atoms with Gasteiger partial charge in [0.25, 0.3) is 5.91 Å². The molecule has 0 aliphatic rings. The van der Waals surface area contributed by atoms with Gasteiger partial charge in [-0.25, -0.2) is 18.2 Å². The number of nitrogens with two attached hydrogens (primary N) is 1. The molecule has 0 atom stereocenters. The average Bonchev–Trinajstić information content (AvgIpc) is 2.36. The number of carbonyl (C=O) groups excluding carboxylic acids is 1. The maximum Gasteiger partial charge on any atom is 0.259 e. The summed E-state index contributed by atoms with van der Waals surface area (Å²) in [5, 5.41) is 2.18. The molecule has 1 amide bonds. The standard InChI is InChI=1S/C12H7BrF3N3O/c13-8-2-5(14)3-9(16)10(8)19-12(20)7-1-6(15)4-18-11(7)17/h1-4H,(H2,17,18)(H,19,20). The molecule has 0 saturated heterocycles. The molecule has 2 rings (SSSR count). The van der Waals surface area contributed by atoms with Crippen molar-refractivity contribution in [3.63, 3.8) is 0 Å². The Kier molecular flexibility index (Phi) is 3.93. The van der Waals surface area contributed by atoms with Crippen molar-refractivity contribution < 1.29 is 18.0 Å². The van der Waals surface area contributed by atoms with Crippen LogP contribution in [-0.4, -0.2) is 10.9 Å². The Balaban J connectivity index is 2.35. The molecular weight excluding hydrogens is 339 g/mol. The third-order valence-corrected chi connectivity index (χ3v) is 3.00. The van der Waals surface area contributed by atoms with Gasteiger partial charge >= 0.3 is 0 Å². The minimum Gasteiger partial charge on any atom is -0.383 e. The second-order valence-corrected chi connectivity index (χ2v) is 4.64. The van der Waals surface area contributed by atoms with Gasteiger partial charge in [0.2, 0.25) is 0 Å². The number of rotatable bonds is 2. The Morgan fingerprint density at radius 1 is 1.20 bits per heavy atom. The third-order valence-electron chi connectivity index (χ3n) is 2.38. The molecule has 1 heterocycles. The number of nitrogen functional groups attached to an aromatic ring is 1. The summed E-state index contributed by atoms with van der Waals surface area (Å²) in [5.41, 5.74) is 4.91. The molecule has 0 spiro atoms. The summed E-state index contributed by atoms with van der Waals surface area (Å²) in [7, 11) is 0. The van der Waals surface area contributed by atoms with Crippen molar-refractivity contribution in [3.8, 4) is 0 Å². The highest BCUT2D eigenvalue weighted by Crippen LogP contribution is 2.27. The van der Waals surface area contributed by atoms with Crippen molar-refractivity contribution in [3.05, 3.63) is 51.9 Å². The van der Waals surface area contributed by atoms with Crippen molar-refractivity contribution >= 4 is 33.3 Å². The van der Waals surface area contributed by atoms with Gasteiger partial charge in [0.1, 0.15) is 17.5 Å². The molecule has 0 aliphatic carbocycles. The maximum atomic E-state index is 13.6. The van der Waals surface area contributed by atoms with E-state index in [9.17, 15) is 18.0 Å². The third kappa shape index (κ3) is 2.90. The number of benzene rings is 1. The Bertz CT molecular complexity index is 671. The first-order chi connectivity index (χ1) is 9.38. The van der Waals surface area contributed by atoms with Crippen molar-refractivity contribution in [2.75, 3.05) is 11.1 Å². The first kappa shape index (κ1) is 14.3. The van der Waals surface area contributed by atoms with Crippen LogP contribution < -0.4 is 11.1 Å². The van der Waals surface area contributed by atoms with E-state index in [0.717, 1.165) is 18.3 Å². The predicted octanol–water partition coefficient (Wildman–Crippen LogP) is 3.10. The van der Waals surface area contributed by atoms with E-state index in [2.05, 4.69) is 26.2 Å². The summed E-state index contributed by atoms with van der Waals surface area (Å²) in [4.78, 5) is 15.4. The minimum atomic E-state index is -0.979. The van der Waals surface area contributed by atoms with E-state index in [1.807, 2.05) is 0 Å². The molecule has 0 aliphatic heterocycles. The van der Waals surface area contributed by atoms with Gasteiger partial charge in [-0.15, -0.1) is 0 Å². The number of carbonyl (C=O) groups is 1. The van der Waals surface area contributed by atoms with Crippen molar-refractivity contribution in [2.45, 2.75) is 0 Å². The van der Waals surface area contributed by atoms with E-state index in [4.69, 9.17) is 5.73 Å². The van der Waals surface area contributed by atoms with E-state index in [-0.39, 0.29) is 21.5 Å². The van der Waals surface area contributed by atoms with Crippen LogP contribution in [0.2, 0.25) is 0 Å². The Hall–Kier alpha value is -2.09. The van der Waals surface area contributed by atoms with Crippen molar-refractivity contribution in [1.82, 2.24) is 4.98 Å². The van der Waals surface area contributed by atoms with Crippen LogP contribution in [0.15, 0.2) is 28.9 Å².